The summed E-state index contributed by atoms with van der Waals surface area (Å²) in [7, 11) is 4.23. The lowest BCUT2D eigenvalue weighted by atomic mass is 9.94. The smallest absolute Gasteiger partial charge is 0.127 e. The van der Waals surface area contributed by atoms with Crippen molar-refractivity contribution in [1.29, 1.82) is 0 Å². The van der Waals surface area contributed by atoms with Crippen LogP contribution in [-0.2, 0) is 0 Å². The normalized spacial score (nSPS) is 17.8. The van der Waals surface area contributed by atoms with E-state index in [1.807, 2.05) is 6.07 Å². The molecule has 1 aromatic carbocycles. The van der Waals surface area contributed by atoms with Crippen molar-refractivity contribution in [2.75, 3.05) is 27.2 Å². The summed E-state index contributed by atoms with van der Waals surface area (Å²) in [4.78, 5) is 2.22. The topological polar surface area (TPSA) is 12.5 Å². The number of para-hydroxylation sites is 1. The molecule has 23 heavy (non-hydrogen) atoms. The molecule has 1 aliphatic rings. The molecule has 0 aromatic heterocycles. The lowest BCUT2D eigenvalue weighted by molar-refractivity contribution is 0.338. The van der Waals surface area contributed by atoms with Gasteiger partial charge in [0.15, 0.2) is 0 Å². The van der Waals surface area contributed by atoms with Crippen LogP contribution >= 0.6 is 0 Å². The summed E-state index contributed by atoms with van der Waals surface area (Å²) < 4.78 is 6.08. The Kier molecular flexibility index (Phi) is 6.66. The second-order valence-electron chi connectivity index (χ2n) is 6.46. The second-order valence-corrected chi connectivity index (χ2v) is 6.46. The fraction of sp³-hybridized carbons (Fsp3) is 0.429. The molecule has 0 amide bonds. The molecule has 0 saturated heterocycles. The molecule has 1 aromatic rings. The molecule has 1 heterocycles. The van der Waals surface area contributed by atoms with Crippen LogP contribution in [0.15, 0.2) is 54.1 Å². The fourth-order valence-corrected chi connectivity index (χ4v) is 2.73. The van der Waals surface area contributed by atoms with Gasteiger partial charge in [0.25, 0.3) is 0 Å². The average Bonchev–Trinajstić information content (AvgIpc) is 2.72. The molecule has 0 bridgehead atoms. The zero-order chi connectivity index (χ0) is 16.7. The minimum Gasteiger partial charge on any atom is -0.489 e. The van der Waals surface area contributed by atoms with Crippen LogP contribution in [0.5, 0.6) is 5.75 Å². The predicted octanol–water partition coefficient (Wildman–Crippen LogP) is 4.94. The summed E-state index contributed by atoms with van der Waals surface area (Å²) in [5, 5.41) is 0. The maximum absolute atomic E-state index is 6.08. The SMILES string of the molecule is C/C=C\CC(C)C1=C/C(=C/CCN(C)C)c2ccccc2OC1. The van der Waals surface area contributed by atoms with Gasteiger partial charge in [0.05, 0.1) is 0 Å². The minimum absolute atomic E-state index is 0.498. The highest BCUT2D eigenvalue weighted by Gasteiger charge is 2.16. The summed E-state index contributed by atoms with van der Waals surface area (Å²) >= 11 is 0. The van der Waals surface area contributed by atoms with Crippen molar-refractivity contribution in [3.63, 3.8) is 0 Å². The van der Waals surface area contributed by atoms with Crippen LogP contribution in [0.2, 0.25) is 0 Å². The van der Waals surface area contributed by atoms with Crippen LogP contribution in [0, 0.1) is 5.92 Å². The van der Waals surface area contributed by atoms with Gasteiger partial charge in [-0.25, -0.2) is 0 Å². The van der Waals surface area contributed by atoms with E-state index in [1.165, 1.54) is 16.7 Å². The summed E-state index contributed by atoms with van der Waals surface area (Å²) in [6, 6.07) is 8.37. The molecule has 0 saturated carbocycles. The first kappa shape index (κ1) is 17.6. The van der Waals surface area contributed by atoms with Gasteiger partial charge in [-0.15, -0.1) is 0 Å². The van der Waals surface area contributed by atoms with Crippen molar-refractivity contribution in [3.8, 4) is 5.75 Å². The van der Waals surface area contributed by atoms with Crippen LogP contribution in [-0.4, -0.2) is 32.1 Å². The van der Waals surface area contributed by atoms with E-state index in [9.17, 15) is 0 Å². The van der Waals surface area contributed by atoms with Crippen LogP contribution in [0.4, 0.5) is 0 Å². The molecule has 0 fully saturated rings. The van der Waals surface area contributed by atoms with Crippen molar-refractivity contribution in [3.05, 3.63) is 59.7 Å². The molecule has 124 valence electrons. The van der Waals surface area contributed by atoms with E-state index in [0.717, 1.165) is 25.1 Å². The Hall–Kier alpha value is -1.80. The Morgan fingerprint density at radius 1 is 1.26 bits per heavy atom. The molecule has 0 N–H and O–H groups in total. The molecule has 2 nitrogen and oxygen atoms in total. The number of benzene rings is 1. The second kappa shape index (κ2) is 8.73. The first-order valence-electron chi connectivity index (χ1n) is 8.50. The third kappa shape index (κ3) is 5.11. The Morgan fingerprint density at radius 3 is 2.78 bits per heavy atom. The van der Waals surface area contributed by atoms with Gasteiger partial charge in [0.1, 0.15) is 12.4 Å². The Labute approximate surface area is 141 Å². The molecule has 0 spiro atoms. The predicted molar refractivity (Wildman–Crippen MR) is 99.8 cm³/mol. The van der Waals surface area contributed by atoms with Crippen LogP contribution < -0.4 is 4.74 Å². The number of rotatable bonds is 6. The van der Waals surface area contributed by atoms with Crippen molar-refractivity contribution in [2.45, 2.75) is 26.7 Å². The van der Waals surface area contributed by atoms with Crippen molar-refractivity contribution in [1.82, 2.24) is 4.90 Å². The van der Waals surface area contributed by atoms with Crippen molar-refractivity contribution < 1.29 is 4.74 Å². The summed E-state index contributed by atoms with van der Waals surface area (Å²) in [6.45, 7) is 6.10. The van der Waals surface area contributed by atoms with Gasteiger partial charge >= 0.3 is 0 Å². The quantitative estimate of drug-likeness (QED) is 0.690. The molecule has 1 unspecified atom stereocenters. The maximum atomic E-state index is 6.08. The highest BCUT2D eigenvalue weighted by atomic mass is 16.5. The van der Waals surface area contributed by atoms with E-state index >= 15 is 0 Å². The van der Waals surface area contributed by atoms with Gasteiger partial charge in [-0.1, -0.05) is 49.4 Å². The summed E-state index contributed by atoms with van der Waals surface area (Å²) in [6.07, 6.45) is 11.2. The largest absolute Gasteiger partial charge is 0.489 e. The summed E-state index contributed by atoms with van der Waals surface area (Å²) in [5.41, 5.74) is 3.87. The molecule has 1 aliphatic heterocycles. The Bertz CT molecular complexity index is 596. The zero-order valence-corrected chi connectivity index (χ0v) is 14.9. The number of allylic oxidation sites excluding steroid dienone is 4. The highest BCUT2D eigenvalue weighted by Crippen LogP contribution is 2.33. The van der Waals surface area contributed by atoms with Crippen LogP contribution in [0.25, 0.3) is 5.57 Å². The summed E-state index contributed by atoms with van der Waals surface area (Å²) in [5.74, 6) is 1.49. The van der Waals surface area contributed by atoms with Gasteiger partial charge in [-0.3, -0.25) is 0 Å². The van der Waals surface area contributed by atoms with E-state index in [2.05, 4.69) is 75.3 Å². The molecule has 0 aliphatic carbocycles. The van der Waals surface area contributed by atoms with Crippen molar-refractivity contribution in [2.24, 2.45) is 5.92 Å². The van der Waals surface area contributed by atoms with E-state index < -0.39 is 0 Å². The third-order valence-electron chi connectivity index (χ3n) is 4.23. The average molecular weight is 311 g/mol. The molecule has 1 atom stereocenters. The van der Waals surface area contributed by atoms with Crippen molar-refractivity contribution >= 4 is 5.57 Å². The lowest BCUT2D eigenvalue weighted by Crippen LogP contribution is -2.12. The van der Waals surface area contributed by atoms with Gasteiger partial charge in [0.2, 0.25) is 0 Å². The first-order chi connectivity index (χ1) is 11.1. The Morgan fingerprint density at radius 2 is 2.04 bits per heavy atom. The molecular formula is C21H29NO. The first-order valence-corrected chi connectivity index (χ1v) is 8.50. The number of hydrogen-bond acceptors (Lipinski definition) is 2. The molecule has 0 radical (unpaired) electrons. The fourth-order valence-electron chi connectivity index (χ4n) is 2.73. The molecular weight excluding hydrogens is 282 g/mol. The van der Waals surface area contributed by atoms with Crippen LogP contribution in [0.3, 0.4) is 0 Å². The standard InChI is InChI=1S/C21H29NO/c1-5-6-10-17(2)19-15-18(11-9-14-22(3)4)20-12-7-8-13-21(20)23-16-19/h5-8,11-13,15,17H,9-10,14,16H2,1-4H3/b6-5-,18-11-. The van der Waals surface area contributed by atoms with Gasteiger partial charge in [0, 0.05) is 12.1 Å². The monoisotopic (exact) mass is 311 g/mol. The zero-order valence-electron chi connectivity index (χ0n) is 14.9. The maximum Gasteiger partial charge on any atom is 0.127 e. The number of hydrogen-bond donors (Lipinski definition) is 0. The molecule has 2 heteroatoms. The Balaban J connectivity index is 2.29. The molecule has 2 rings (SSSR count). The van der Waals surface area contributed by atoms with E-state index in [0.29, 0.717) is 12.5 Å². The van der Waals surface area contributed by atoms with E-state index in [-0.39, 0.29) is 0 Å². The highest BCUT2D eigenvalue weighted by molar-refractivity contribution is 5.79. The number of nitrogens with zero attached hydrogens (tertiary/aromatic N) is 1. The van der Waals surface area contributed by atoms with Gasteiger partial charge in [-0.05, 0) is 57.0 Å². The van der Waals surface area contributed by atoms with Crippen LogP contribution in [0.1, 0.15) is 32.3 Å². The van der Waals surface area contributed by atoms with E-state index in [4.69, 9.17) is 4.74 Å². The number of fused-ring (bicyclic) bond motifs is 1. The third-order valence-corrected chi connectivity index (χ3v) is 4.23. The van der Waals surface area contributed by atoms with E-state index in [1.54, 1.807) is 0 Å². The van der Waals surface area contributed by atoms with Gasteiger partial charge < -0.3 is 9.64 Å². The minimum atomic E-state index is 0.498. The number of ether oxygens (including phenoxy) is 1. The lowest BCUT2D eigenvalue weighted by Gasteiger charge is -2.13. The van der Waals surface area contributed by atoms with Gasteiger partial charge in [-0.2, -0.15) is 0 Å².